The van der Waals surface area contributed by atoms with E-state index in [0.717, 1.165) is 32.3 Å². The zero-order valence-electron chi connectivity index (χ0n) is 12.0. The van der Waals surface area contributed by atoms with Gasteiger partial charge >= 0.3 is 6.03 Å². The third-order valence-electron chi connectivity index (χ3n) is 4.32. The van der Waals surface area contributed by atoms with Gasteiger partial charge in [0, 0.05) is 32.2 Å². The van der Waals surface area contributed by atoms with Crippen molar-refractivity contribution < 1.29 is 14.6 Å². The molecule has 0 aromatic heterocycles. The summed E-state index contributed by atoms with van der Waals surface area (Å²) in [4.78, 5) is 13.8. The number of rotatable bonds is 4. The molecule has 2 N–H and O–H groups in total. The van der Waals surface area contributed by atoms with Crippen LogP contribution in [0.4, 0.5) is 4.79 Å². The summed E-state index contributed by atoms with van der Waals surface area (Å²) in [7, 11) is 1.78. The van der Waals surface area contributed by atoms with Crippen LogP contribution >= 0.6 is 0 Å². The predicted molar refractivity (Wildman–Crippen MR) is 72.9 cm³/mol. The summed E-state index contributed by atoms with van der Waals surface area (Å²) in [6.07, 6.45) is 4.98. The highest BCUT2D eigenvalue weighted by atomic mass is 16.5. The number of aliphatic hydroxyl groups excluding tert-OH is 1. The van der Waals surface area contributed by atoms with Crippen LogP contribution in [0.5, 0.6) is 0 Å². The van der Waals surface area contributed by atoms with Gasteiger partial charge in [0.15, 0.2) is 0 Å². The average Bonchev–Trinajstić information content (AvgIpc) is 2.85. The Morgan fingerprint density at radius 1 is 1.47 bits per heavy atom. The summed E-state index contributed by atoms with van der Waals surface area (Å²) >= 11 is 0. The Kier molecular flexibility index (Phi) is 5.05. The lowest BCUT2D eigenvalue weighted by Gasteiger charge is -2.34. The molecule has 0 radical (unpaired) electrons. The number of carbonyl (C=O) groups excluding carboxylic acids is 1. The number of nitrogens with zero attached hydrogens (tertiary/aromatic N) is 1. The lowest BCUT2D eigenvalue weighted by Crippen LogP contribution is -2.50. The van der Waals surface area contributed by atoms with E-state index >= 15 is 0 Å². The number of hydrogen-bond donors (Lipinski definition) is 2. The van der Waals surface area contributed by atoms with Gasteiger partial charge in [-0.3, -0.25) is 0 Å². The molecule has 1 saturated heterocycles. The number of carbonyl (C=O) groups is 1. The number of hydrogen-bond acceptors (Lipinski definition) is 3. The van der Waals surface area contributed by atoms with E-state index < -0.39 is 0 Å². The molecule has 0 aromatic carbocycles. The third-order valence-corrected chi connectivity index (χ3v) is 4.32. The van der Waals surface area contributed by atoms with E-state index in [1.807, 2.05) is 0 Å². The predicted octanol–water partition coefficient (Wildman–Crippen LogP) is 1.36. The van der Waals surface area contributed by atoms with E-state index in [0.29, 0.717) is 25.0 Å². The molecule has 4 unspecified atom stereocenters. The summed E-state index contributed by atoms with van der Waals surface area (Å²) in [6, 6.07) is 0.223. The van der Waals surface area contributed by atoms with Crippen molar-refractivity contribution in [2.45, 2.75) is 57.3 Å². The monoisotopic (exact) mass is 270 g/mol. The van der Waals surface area contributed by atoms with Crippen LogP contribution < -0.4 is 5.32 Å². The van der Waals surface area contributed by atoms with Crippen LogP contribution in [-0.2, 0) is 4.74 Å². The van der Waals surface area contributed by atoms with Gasteiger partial charge in [-0.25, -0.2) is 4.79 Å². The zero-order chi connectivity index (χ0) is 13.8. The number of aliphatic hydroxyl groups is 1. The fourth-order valence-corrected chi connectivity index (χ4v) is 3.11. The smallest absolute Gasteiger partial charge is 0.317 e. The first-order valence-corrected chi connectivity index (χ1v) is 7.39. The van der Waals surface area contributed by atoms with Crippen molar-refractivity contribution in [3.05, 3.63) is 0 Å². The summed E-state index contributed by atoms with van der Waals surface area (Å²) < 4.78 is 5.71. The Bertz CT molecular complexity index is 309. The molecule has 1 saturated carbocycles. The molecule has 2 rings (SSSR count). The summed E-state index contributed by atoms with van der Waals surface area (Å²) in [5.41, 5.74) is 0. The van der Waals surface area contributed by atoms with Crippen molar-refractivity contribution in [2.24, 2.45) is 5.92 Å². The van der Waals surface area contributed by atoms with Crippen LogP contribution in [0.2, 0.25) is 0 Å². The minimum absolute atomic E-state index is 0.0294. The molecule has 19 heavy (non-hydrogen) atoms. The zero-order valence-corrected chi connectivity index (χ0v) is 12.0. The topological polar surface area (TPSA) is 61.8 Å². The number of fused-ring (bicyclic) bond motifs is 1. The Hall–Kier alpha value is -0.810. The molecule has 4 atom stereocenters. The number of amides is 2. The largest absolute Gasteiger partial charge is 0.393 e. The van der Waals surface area contributed by atoms with Gasteiger partial charge < -0.3 is 20.1 Å². The maximum absolute atomic E-state index is 12.1. The van der Waals surface area contributed by atoms with Gasteiger partial charge in [-0.15, -0.1) is 0 Å². The van der Waals surface area contributed by atoms with Crippen LogP contribution in [0.1, 0.15) is 39.0 Å². The molecule has 5 nitrogen and oxygen atoms in total. The van der Waals surface area contributed by atoms with E-state index in [4.69, 9.17) is 4.74 Å². The fourth-order valence-electron chi connectivity index (χ4n) is 3.11. The van der Waals surface area contributed by atoms with Crippen molar-refractivity contribution in [1.82, 2.24) is 10.2 Å². The molecule has 2 fully saturated rings. The van der Waals surface area contributed by atoms with Crippen molar-refractivity contribution >= 4 is 6.03 Å². The van der Waals surface area contributed by atoms with E-state index in [1.54, 1.807) is 18.9 Å². The molecule has 2 amide bonds. The van der Waals surface area contributed by atoms with Gasteiger partial charge in [-0.1, -0.05) is 0 Å². The van der Waals surface area contributed by atoms with E-state index in [2.05, 4.69) is 5.32 Å². The first-order chi connectivity index (χ1) is 9.08. The Balaban J connectivity index is 1.80. The summed E-state index contributed by atoms with van der Waals surface area (Å²) in [5.74, 6) is 0.489. The SMILES string of the molecule is CC(O)CCN(C)C(=O)NC1CCCC2OCCC12. The van der Waals surface area contributed by atoms with Crippen LogP contribution in [-0.4, -0.2) is 54.5 Å². The summed E-state index contributed by atoms with van der Waals surface area (Å²) in [5, 5.41) is 12.4. The number of ether oxygens (including phenoxy) is 1. The van der Waals surface area contributed by atoms with E-state index in [1.165, 1.54) is 0 Å². The van der Waals surface area contributed by atoms with Gasteiger partial charge in [0.1, 0.15) is 0 Å². The fraction of sp³-hybridized carbons (Fsp3) is 0.929. The van der Waals surface area contributed by atoms with Crippen molar-refractivity contribution in [3.63, 3.8) is 0 Å². The molecule has 0 bridgehead atoms. The van der Waals surface area contributed by atoms with E-state index in [9.17, 15) is 9.90 Å². The average molecular weight is 270 g/mol. The molecule has 110 valence electrons. The first-order valence-electron chi connectivity index (χ1n) is 7.39. The van der Waals surface area contributed by atoms with Crippen LogP contribution in [0.3, 0.4) is 0 Å². The van der Waals surface area contributed by atoms with Crippen molar-refractivity contribution in [1.29, 1.82) is 0 Å². The van der Waals surface area contributed by atoms with Gasteiger partial charge in [0.05, 0.1) is 12.2 Å². The molecule has 1 aliphatic carbocycles. The van der Waals surface area contributed by atoms with Crippen LogP contribution in [0, 0.1) is 5.92 Å². The number of urea groups is 1. The van der Waals surface area contributed by atoms with Crippen molar-refractivity contribution in [2.75, 3.05) is 20.2 Å². The number of nitrogens with one attached hydrogen (secondary N) is 1. The molecule has 0 spiro atoms. The van der Waals surface area contributed by atoms with Crippen molar-refractivity contribution in [3.8, 4) is 0 Å². The second kappa shape index (κ2) is 6.57. The Morgan fingerprint density at radius 2 is 2.26 bits per heavy atom. The molecule has 2 aliphatic rings. The second-order valence-corrected chi connectivity index (χ2v) is 5.91. The minimum atomic E-state index is -0.363. The maximum atomic E-state index is 12.1. The molecule has 0 aromatic rings. The van der Waals surface area contributed by atoms with Crippen LogP contribution in [0.25, 0.3) is 0 Å². The third kappa shape index (κ3) is 3.83. The standard InChI is InChI=1S/C14H26N2O3/c1-10(17)6-8-16(2)14(18)15-12-4-3-5-13-11(12)7-9-19-13/h10-13,17H,3-9H2,1-2H3,(H,15,18). The van der Waals surface area contributed by atoms with Gasteiger partial charge in [-0.2, -0.15) is 0 Å². The Labute approximate surface area is 115 Å². The molecule has 1 aliphatic heterocycles. The van der Waals surface area contributed by atoms with Gasteiger partial charge in [0.25, 0.3) is 0 Å². The highest BCUT2D eigenvalue weighted by molar-refractivity contribution is 5.74. The normalized spacial score (nSPS) is 31.6. The maximum Gasteiger partial charge on any atom is 0.317 e. The Morgan fingerprint density at radius 3 is 3.00 bits per heavy atom. The molecular formula is C14H26N2O3. The van der Waals surface area contributed by atoms with E-state index in [-0.39, 0.29) is 18.2 Å². The highest BCUT2D eigenvalue weighted by Crippen LogP contribution is 2.34. The quantitative estimate of drug-likeness (QED) is 0.811. The molecule has 1 heterocycles. The molecular weight excluding hydrogens is 244 g/mol. The van der Waals surface area contributed by atoms with Crippen LogP contribution in [0.15, 0.2) is 0 Å². The highest BCUT2D eigenvalue weighted by Gasteiger charge is 2.38. The first kappa shape index (κ1) is 14.6. The van der Waals surface area contributed by atoms with Gasteiger partial charge in [-0.05, 0) is 39.0 Å². The minimum Gasteiger partial charge on any atom is -0.393 e. The van der Waals surface area contributed by atoms with Gasteiger partial charge in [0.2, 0.25) is 0 Å². The lowest BCUT2D eigenvalue weighted by atomic mass is 9.82. The molecule has 5 heteroatoms. The lowest BCUT2D eigenvalue weighted by molar-refractivity contribution is 0.0539. The summed E-state index contributed by atoms with van der Waals surface area (Å²) in [6.45, 7) is 3.16. The second-order valence-electron chi connectivity index (χ2n) is 5.91.